The molecule has 78 valence electrons. The van der Waals surface area contributed by atoms with E-state index in [-0.39, 0.29) is 0 Å². The van der Waals surface area contributed by atoms with Crippen LogP contribution >= 0.6 is 11.6 Å². The fourth-order valence-corrected chi connectivity index (χ4v) is 1.50. The lowest BCUT2D eigenvalue weighted by molar-refractivity contribution is 0.502. The lowest BCUT2D eigenvalue weighted by Crippen LogP contribution is -1.80. The zero-order valence-electron chi connectivity index (χ0n) is 8.40. The van der Waals surface area contributed by atoms with Crippen molar-refractivity contribution in [1.82, 2.24) is 10.2 Å². The molecule has 0 radical (unpaired) electrons. The predicted molar refractivity (Wildman–Crippen MR) is 58.7 cm³/mol. The van der Waals surface area contributed by atoms with E-state index in [4.69, 9.17) is 16.0 Å². The minimum absolute atomic E-state index is 0.529. The standard InChI is InChI=1S/C11H11ClN2O/c1-2-4-10-13-14-11(15-10)8-5-3-6-9(12)7-8/h3,5-7H,2,4H2,1H3. The van der Waals surface area contributed by atoms with Crippen molar-refractivity contribution in [3.05, 3.63) is 35.2 Å². The molecule has 1 aromatic carbocycles. The predicted octanol–water partition coefficient (Wildman–Crippen LogP) is 3.34. The molecular formula is C11H11ClN2O. The molecule has 15 heavy (non-hydrogen) atoms. The van der Waals surface area contributed by atoms with Crippen LogP contribution in [0.3, 0.4) is 0 Å². The fourth-order valence-electron chi connectivity index (χ4n) is 1.31. The Bertz CT molecular complexity index is 453. The molecule has 1 heterocycles. The van der Waals surface area contributed by atoms with Gasteiger partial charge in [0, 0.05) is 17.0 Å². The second kappa shape index (κ2) is 4.45. The fraction of sp³-hybridized carbons (Fsp3) is 0.273. The van der Waals surface area contributed by atoms with Crippen molar-refractivity contribution in [3.63, 3.8) is 0 Å². The van der Waals surface area contributed by atoms with Crippen molar-refractivity contribution in [2.75, 3.05) is 0 Å². The van der Waals surface area contributed by atoms with Gasteiger partial charge >= 0.3 is 0 Å². The third-order valence-electron chi connectivity index (χ3n) is 2.00. The highest BCUT2D eigenvalue weighted by molar-refractivity contribution is 6.30. The highest BCUT2D eigenvalue weighted by Gasteiger charge is 2.07. The van der Waals surface area contributed by atoms with Crippen LogP contribution in [0.2, 0.25) is 5.02 Å². The first-order valence-corrected chi connectivity index (χ1v) is 5.25. The molecule has 1 aromatic heterocycles. The van der Waals surface area contributed by atoms with E-state index in [0.29, 0.717) is 16.8 Å². The van der Waals surface area contributed by atoms with Crippen LogP contribution in [0.1, 0.15) is 19.2 Å². The van der Waals surface area contributed by atoms with Gasteiger partial charge in [0.2, 0.25) is 11.8 Å². The van der Waals surface area contributed by atoms with Gasteiger partial charge in [0.1, 0.15) is 0 Å². The maximum absolute atomic E-state index is 5.87. The maximum atomic E-state index is 5.87. The molecule has 0 atom stereocenters. The first-order chi connectivity index (χ1) is 7.29. The molecular weight excluding hydrogens is 212 g/mol. The minimum atomic E-state index is 0.529. The van der Waals surface area contributed by atoms with E-state index in [1.807, 2.05) is 24.3 Å². The molecule has 0 saturated carbocycles. The summed E-state index contributed by atoms with van der Waals surface area (Å²) in [5, 5.41) is 8.59. The van der Waals surface area contributed by atoms with Crippen LogP contribution in [0.5, 0.6) is 0 Å². The van der Waals surface area contributed by atoms with Gasteiger partial charge in [-0.2, -0.15) is 0 Å². The largest absolute Gasteiger partial charge is 0.421 e. The molecule has 0 N–H and O–H groups in total. The van der Waals surface area contributed by atoms with Crippen molar-refractivity contribution in [2.24, 2.45) is 0 Å². The average Bonchev–Trinajstić information content (AvgIpc) is 2.67. The summed E-state index contributed by atoms with van der Waals surface area (Å²) in [6, 6.07) is 7.38. The molecule has 0 aliphatic rings. The summed E-state index contributed by atoms with van der Waals surface area (Å²) in [5.41, 5.74) is 0.859. The first-order valence-electron chi connectivity index (χ1n) is 4.88. The van der Waals surface area contributed by atoms with Gasteiger partial charge in [0.05, 0.1) is 0 Å². The van der Waals surface area contributed by atoms with Crippen LogP contribution in [0.4, 0.5) is 0 Å². The molecule has 4 heteroatoms. The van der Waals surface area contributed by atoms with E-state index >= 15 is 0 Å². The number of aromatic nitrogens is 2. The van der Waals surface area contributed by atoms with Gasteiger partial charge in [-0.3, -0.25) is 0 Å². The van der Waals surface area contributed by atoms with Gasteiger partial charge in [-0.05, 0) is 24.6 Å². The molecule has 0 spiro atoms. The van der Waals surface area contributed by atoms with E-state index in [9.17, 15) is 0 Å². The van der Waals surface area contributed by atoms with Crippen molar-refractivity contribution in [2.45, 2.75) is 19.8 Å². The summed E-state index contributed by atoms with van der Waals surface area (Å²) in [4.78, 5) is 0. The third-order valence-corrected chi connectivity index (χ3v) is 2.24. The molecule has 3 nitrogen and oxygen atoms in total. The molecule has 2 aromatic rings. The second-order valence-corrected chi connectivity index (χ2v) is 3.70. The van der Waals surface area contributed by atoms with Crippen LogP contribution in [0.15, 0.2) is 28.7 Å². The normalized spacial score (nSPS) is 10.5. The smallest absolute Gasteiger partial charge is 0.247 e. The molecule has 2 rings (SSSR count). The van der Waals surface area contributed by atoms with Crippen molar-refractivity contribution in [3.8, 4) is 11.5 Å². The van der Waals surface area contributed by atoms with Gasteiger partial charge in [-0.1, -0.05) is 24.6 Å². The summed E-state index contributed by atoms with van der Waals surface area (Å²) in [6.45, 7) is 2.07. The van der Waals surface area contributed by atoms with Crippen molar-refractivity contribution in [1.29, 1.82) is 0 Å². The van der Waals surface area contributed by atoms with E-state index < -0.39 is 0 Å². The Labute approximate surface area is 93.1 Å². The van der Waals surface area contributed by atoms with Crippen LogP contribution in [-0.2, 0) is 6.42 Å². The Balaban J connectivity index is 2.29. The second-order valence-electron chi connectivity index (χ2n) is 3.26. The van der Waals surface area contributed by atoms with Gasteiger partial charge in [0.15, 0.2) is 0 Å². The Morgan fingerprint density at radius 3 is 2.93 bits per heavy atom. The molecule has 0 saturated heterocycles. The average molecular weight is 223 g/mol. The number of nitrogens with zero attached hydrogens (tertiary/aromatic N) is 2. The van der Waals surface area contributed by atoms with Crippen molar-refractivity contribution < 1.29 is 4.42 Å². The highest BCUT2D eigenvalue weighted by atomic mass is 35.5. The van der Waals surface area contributed by atoms with Crippen LogP contribution in [-0.4, -0.2) is 10.2 Å². The summed E-state index contributed by atoms with van der Waals surface area (Å²) >= 11 is 5.87. The molecule has 0 aliphatic heterocycles. The van der Waals surface area contributed by atoms with E-state index in [1.54, 1.807) is 0 Å². The lowest BCUT2D eigenvalue weighted by atomic mass is 10.2. The molecule has 0 fully saturated rings. The summed E-state index contributed by atoms with van der Waals surface area (Å²) < 4.78 is 5.48. The Kier molecular flexibility index (Phi) is 3.02. The summed E-state index contributed by atoms with van der Waals surface area (Å²) in [5.74, 6) is 1.20. The first kappa shape index (κ1) is 10.2. The maximum Gasteiger partial charge on any atom is 0.247 e. The number of halogens is 1. The van der Waals surface area contributed by atoms with Crippen LogP contribution in [0.25, 0.3) is 11.5 Å². The number of rotatable bonds is 3. The summed E-state index contributed by atoms with van der Waals surface area (Å²) in [6.07, 6.45) is 1.81. The molecule has 0 aliphatic carbocycles. The van der Waals surface area contributed by atoms with E-state index in [0.717, 1.165) is 18.4 Å². The number of aryl methyl sites for hydroxylation is 1. The van der Waals surface area contributed by atoms with Crippen LogP contribution < -0.4 is 0 Å². The zero-order valence-corrected chi connectivity index (χ0v) is 9.16. The van der Waals surface area contributed by atoms with Gasteiger partial charge in [0.25, 0.3) is 0 Å². The Hall–Kier alpha value is -1.35. The van der Waals surface area contributed by atoms with Gasteiger partial charge in [-0.25, -0.2) is 0 Å². The number of hydrogen-bond acceptors (Lipinski definition) is 3. The molecule has 0 amide bonds. The minimum Gasteiger partial charge on any atom is -0.421 e. The Morgan fingerprint density at radius 1 is 1.33 bits per heavy atom. The van der Waals surface area contributed by atoms with Gasteiger partial charge in [-0.15, -0.1) is 10.2 Å². The van der Waals surface area contributed by atoms with E-state index in [2.05, 4.69) is 17.1 Å². The van der Waals surface area contributed by atoms with Gasteiger partial charge < -0.3 is 4.42 Å². The molecule has 0 unspecified atom stereocenters. The third kappa shape index (κ3) is 2.36. The topological polar surface area (TPSA) is 38.9 Å². The molecule has 0 bridgehead atoms. The quantitative estimate of drug-likeness (QED) is 0.800. The van der Waals surface area contributed by atoms with Crippen LogP contribution in [0, 0.1) is 0 Å². The Morgan fingerprint density at radius 2 is 2.20 bits per heavy atom. The number of benzene rings is 1. The monoisotopic (exact) mass is 222 g/mol. The zero-order chi connectivity index (χ0) is 10.7. The summed E-state index contributed by atoms with van der Waals surface area (Å²) in [7, 11) is 0. The van der Waals surface area contributed by atoms with Crippen molar-refractivity contribution >= 4 is 11.6 Å². The SMILES string of the molecule is CCCc1nnc(-c2cccc(Cl)c2)o1. The lowest BCUT2D eigenvalue weighted by Gasteiger charge is -1.94. The van der Waals surface area contributed by atoms with E-state index in [1.165, 1.54) is 0 Å². The number of hydrogen-bond donors (Lipinski definition) is 0. The highest BCUT2D eigenvalue weighted by Crippen LogP contribution is 2.21.